The standard InChI is InChI=1S/C10H12F7S/c1-3-7(5-6-18-4-2)8(11,12)9(13,14)10(15,16)17/h5H,2-4,6H2,1H3. The van der Waals surface area contributed by atoms with E-state index < -0.39 is 30.0 Å². The maximum absolute atomic E-state index is 13.2. The Balaban J connectivity index is 5.26. The second-order valence-corrected chi connectivity index (χ2v) is 4.45. The van der Waals surface area contributed by atoms with Gasteiger partial charge in [-0.3, -0.25) is 0 Å². The first-order valence-corrected chi connectivity index (χ1v) is 6.06. The van der Waals surface area contributed by atoms with E-state index in [9.17, 15) is 30.7 Å². The number of rotatable bonds is 6. The molecule has 0 aromatic rings. The lowest BCUT2D eigenvalue weighted by molar-refractivity contribution is -0.344. The minimum Gasteiger partial charge on any atom is -0.194 e. The van der Waals surface area contributed by atoms with Crippen molar-refractivity contribution in [2.75, 3.05) is 11.5 Å². The third-order valence-electron chi connectivity index (χ3n) is 2.13. The Labute approximate surface area is 105 Å². The molecule has 0 heterocycles. The summed E-state index contributed by atoms with van der Waals surface area (Å²) in [4.78, 5) is 0. The molecule has 8 heteroatoms. The van der Waals surface area contributed by atoms with Crippen molar-refractivity contribution < 1.29 is 30.7 Å². The van der Waals surface area contributed by atoms with Crippen molar-refractivity contribution >= 4 is 11.8 Å². The van der Waals surface area contributed by atoms with Crippen molar-refractivity contribution in [2.45, 2.75) is 31.4 Å². The average molecular weight is 297 g/mol. The number of hydrogen-bond acceptors (Lipinski definition) is 1. The summed E-state index contributed by atoms with van der Waals surface area (Å²) in [5, 5.41) is 0. The van der Waals surface area contributed by atoms with Gasteiger partial charge in [0.2, 0.25) is 0 Å². The predicted octanol–water partition coefficient (Wildman–Crippen LogP) is 4.72. The van der Waals surface area contributed by atoms with E-state index in [-0.39, 0.29) is 5.75 Å². The van der Waals surface area contributed by atoms with Crippen molar-refractivity contribution in [1.29, 1.82) is 0 Å². The molecule has 0 fully saturated rings. The molecule has 0 saturated heterocycles. The number of thioether (sulfide) groups is 1. The second-order valence-electron chi connectivity index (χ2n) is 3.30. The largest absolute Gasteiger partial charge is 0.460 e. The van der Waals surface area contributed by atoms with Gasteiger partial charge >= 0.3 is 18.0 Å². The average Bonchev–Trinajstić information content (AvgIpc) is 2.22. The highest BCUT2D eigenvalue weighted by Crippen LogP contribution is 2.50. The van der Waals surface area contributed by atoms with Crippen molar-refractivity contribution in [3.8, 4) is 0 Å². The van der Waals surface area contributed by atoms with E-state index in [2.05, 4.69) is 6.92 Å². The van der Waals surface area contributed by atoms with Crippen molar-refractivity contribution in [2.24, 2.45) is 0 Å². The Morgan fingerprint density at radius 3 is 1.94 bits per heavy atom. The molecule has 0 aromatic heterocycles. The number of allylic oxidation sites excluding steroid dienone is 1. The molecule has 0 N–H and O–H groups in total. The Bertz CT molecular complexity index is 293. The Morgan fingerprint density at radius 1 is 1.11 bits per heavy atom. The van der Waals surface area contributed by atoms with Gasteiger partial charge < -0.3 is 0 Å². The third-order valence-corrected chi connectivity index (χ3v) is 2.82. The van der Waals surface area contributed by atoms with Gasteiger partial charge in [-0.2, -0.15) is 42.5 Å². The fourth-order valence-electron chi connectivity index (χ4n) is 1.12. The zero-order valence-electron chi connectivity index (χ0n) is 9.46. The van der Waals surface area contributed by atoms with E-state index in [1.807, 2.05) is 0 Å². The molecule has 0 unspecified atom stereocenters. The zero-order valence-corrected chi connectivity index (χ0v) is 10.3. The summed E-state index contributed by atoms with van der Waals surface area (Å²) in [5.74, 6) is -11.1. The molecule has 1 radical (unpaired) electrons. The van der Waals surface area contributed by atoms with Crippen LogP contribution in [0.25, 0.3) is 0 Å². The van der Waals surface area contributed by atoms with Gasteiger partial charge in [0.1, 0.15) is 0 Å². The summed E-state index contributed by atoms with van der Waals surface area (Å²) in [5.41, 5.74) is -1.22. The van der Waals surface area contributed by atoms with Crippen molar-refractivity contribution in [3.05, 3.63) is 18.6 Å². The first-order valence-electron chi connectivity index (χ1n) is 4.91. The lowest BCUT2D eigenvalue weighted by atomic mass is 9.99. The normalized spacial score (nSPS) is 15.1. The molecule has 0 aromatic carbocycles. The maximum atomic E-state index is 13.2. The van der Waals surface area contributed by atoms with Gasteiger partial charge in [0.05, 0.1) is 0 Å². The fraction of sp³-hybridized carbons (Fsp3) is 0.700. The highest BCUT2D eigenvalue weighted by molar-refractivity contribution is 7.99. The summed E-state index contributed by atoms with van der Waals surface area (Å²) < 4.78 is 87.7. The molecule has 0 spiro atoms. The molecule has 0 nitrogen and oxygen atoms in total. The van der Waals surface area contributed by atoms with Crippen LogP contribution >= 0.6 is 11.8 Å². The third kappa shape index (κ3) is 3.55. The second kappa shape index (κ2) is 6.16. The van der Waals surface area contributed by atoms with Crippen LogP contribution in [0.3, 0.4) is 0 Å². The van der Waals surface area contributed by atoms with E-state index in [1.165, 1.54) is 0 Å². The van der Waals surface area contributed by atoms with E-state index in [0.717, 1.165) is 18.7 Å². The molecule has 0 bridgehead atoms. The summed E-state index contributed by atoms with van der Waals surface area (Å²) in [6, 6.07) is 0. The lowest BCUT2D eigenvalue weighted by Crippen LogP contribution is -2.52. The number of alkyl halides is 7. The minimum atomic E-state index is -6.29. The van der Waals surface area contributed by atoms with Gasteiger partial charge in [0.15, 0.2) is 0 Å². The predicted molar refractivity (Wildman–Crippen MR) is 57.0 cm³/mol. The Morgan fingerprint density at radius 2 is 1.61 bits per heavy atom. The number of hydrogen-bond donors (Lipinski definition) is 0. The smallest absolute Gasteiger partial charge is 0.194 e. The van der Waals surface area contributed by atoms with Crippen LogP contribution in [0.5, 0.6) is 0 Å². The van der Waals surface area contributed by atoms with Gasteiger partial charge in [-0.15, -0.1) is 0 Å². The van der Waals surface area contributed by atoms with E-state index in [0.29, 0.717) is 11.8 Å². The summed E-state index contributed by atoms with van der Waals surface area (Å²) in [7, 11) is 0. The molecule has 107 valence electrons. The van der Waals surface area contributed by atoms with Gasteiger partial charge in [0, 0.05) is 11.3 Å². The summed E-state index contributed by atoms with van der Waals surface area (Å²) in [6.45, 7) is 4.47. The van der Waals surface area contributed by atoms with Gasteiger partial charge in [-0.05, 0) is 19.1 Å². The van der Waals surface area contributed by atoms with Crippen LogP contribution in [-0.2, 0) is 0 Å². The highest BCUT2D eigenvalue weighted by atomic mass is 32.2. The van der Waals surface area contributed by atoms with Crippen LogP contribution in [0.2, 0.25) is 0 Å². The summed E-state index contributed by atoms with van der Waals surface area (Å²) in [6.07, 6.45) is -6.17. The molecule has 0 saturated carbocycles. The van der Waals surface area contributed by atoms with Crippen LogP contribution < -0.4 is 0 Å². The highest BCUT2D eigenvalue weighted by Gasteiger charge is 2.73. The maximum Gasteiger partial charge on any atom is 0.460 e. The first-order chi connectivity index (χ1) is 8.02. The quantitative estimate of drug-likeness (QED) is 0.388. The fourth-order valence-corrected chi connectivity index (χ4v) is 1.60. The Kier molecular flexibility index (Phi) is 6.03. The molecule has 0 aliphatic carbocycles. The molecular weight excluding hydrogens is 285 g/mol. The summed E-state index contributed by atoms with van der Waals surface area (Å²) >= 11 is 1.04. The molecule has 18 heavy (non-hydrogen) atoms. The lowest BCUT2D eigenvalue weighted by Gasteiger charge is -2.29. The van der Waals surface area contributed by atoms with Crippen LogP contribution in [0.1, 0.15) is 13.3 Å². The van der Waals surface area contributed by atoms with E-state index in [4.69, 9.17) is 0 Å². The molecule has 0 aliphatic rings. The minimum absolute atomic E-state index is 0.0871. The monoisotopic (exact) mass is 297 g/mol. The molecule has 0 rings (SSSR count). The molecule has 0 atom stereocenters. The molecule has 0 amide bonds. The van der Waals surface area contributed by atoms with Crippen molar-refractivity contribution in [1.82, 2.24) is 0 Å². The molecular formula is C10H12F7S. The van der Waals surface area contributed by atoms with Gasteiger partial charge in [0.25, 0.3) is 0 Å². The zero-order chi connectivity index (χ0) is 14.6. The van der Waals surface area contributed by atoms with Crippen LogP contribution in [0, 0.1) is 6.92 Å². The van der Waals surface area contributed by atoms with Crippen LogP contribution in [0.4, 0.5) is 30.7 Å². The Hall–Kier alpha value is -0.400. The topological polar surface area (TPSA) is 0 Å². The number of halogens is 7. The SMILES string of the molecule is [CH2]CSCC=C(CC)C(F)(F)C(F)(F)C(F)(F)F. The van der Waals surface area contributed by atoms with Crippen molar-refractivity contribution in [3.63, 3.8) is 0 Å². The van der Waals surface area contributed by atoms with Gasteiger partial charge in [-0.1, -0.05) is 13.0 Å². The van der Waals surface area contributed by atoms with Crippen LogP contribution in [-0.4, -0.2) is 29.5 Å². The molecule has 0 aliphatic heterocycles. The van der Waals surface area contributed by atoms with Crippen LogP contribution in [0.15, 0.2) is 11.6 Å². The van der Waals surface area contributed by atoms with Gasteiger partial charge in [-0.25, -0.2) is 0 Å². The first kappa shape index (κ1) is 17.6. The van der Waals surface area contributed by atoms with E-state index in [1.54, 1.807) is 0 Å². The van der Waals surface area contributed by atoms with E-state index >= 15 is 0 Å².